The summed E-state index contributed by atoms with van der Waals surface area (Å²) in [6, 6.07) is 0. The third-order valence-corrected chi connectivity index (χ3v) is 1.25. The molecule has 3 heteroatoms. The number of aliphatic hydroxyl groups excluding tert-OH is 2. The van der Waals surface area contributed by atoms with Gasteiger partial charge in [-0.1, -0.05) is 19.8 Å². The van der Waals surface area contributed by atoms with E-state index in [0.29, 0.717) is 6.42 Å². The average Bonchev–Trinajstić information content (AvgIpc) is 1.82. The lowest BCUT2D eigenvalue weighted by atomic mass is 10.1. The van der Waals surface area contributed by atoms with Gasteiger partial charge in [0.1, 0.15) is 6.23 Å². The third-order valence-electron chi connectivity index (χ3n) is 1.25. The van der Waals surface area contributed by atoms with Crippen LogP contribution in [0.15, 0.2) is 0 Å². The Morgan fingerprint density at radius 2 is 2.00 bits per heavy atom. The second-order valence-corrected chi connectivity index (χ2v) is 2.20. The second-order valence-electron chi connectivity index (χ2n) is 2.20. The number of unbranched alkanes of at least 4 members (excludes halogenated alkanes) is 1. The van der Waals surface area contributed by atoms with Crippen LogP contribution in [0.4, 0.5) is 0 Å². The molecule has 0 aromatic carbocycles. The zero-order valence-electron chi connectivity index (χ0n) is 5.75. The van der Waals surface area contributed by atoms with Crippen molar-refractivity contribution in [3.05, 3.63) is 0 Å². The summed E-state index contributed by atoms with van der Waals surface area (Å²) in [6.45, 7) is 2.02. The van der Waals surface area contributed by atoms with Crippen LogP contribution in [0.5, 0.6) is 0 Å². The standard InChI is InChI=1S/C6H15NO2/c1-2-3-4-5(8)6(7)9/h5-6,8-9H,2-4,7H2,1H3. The van der Waals surface area contributed by atoms with Crippen molar-refractivity contribution in [1.29, 1.82) is 0 Å². The van der Waals surface area contributed by atoms with Gasteiger partial charge < -0.3 is 15.9 Å². The fourth-order valence-corrected chi connectivity index (χ4v) is 0.584. The predicted molar refractivity (Wildman–Crippen MR) is 35.7 cm³/mol. The fourth-order valence-electron chi connectivity index (χ4n) is 0.584. The summed E-state index contributed by atoms with van der Waals surface area (Å²) in [5.74, 6) is 0. The maximum absolute atomic E-state index is 8.88. The highest BCUT2D eigenvalue weighted by Gasteiger charge is 2.08. The molecule has 9 heavy (non-hydrogen) atoms. The Labute approximate surface area is 55.5 Å². The van der Waals surface area contributed by atoms with Crippen LogP contribution in [0.3, 0.4) is 0 Å². The van der Waals surface area contributed by atoms with E-state index in [2.05, 4.69) is 0 Å². The summed E-state index contributed by atoms with van der Waals surface area (Å²) >= 11 is 0. The predicted octanol–water partition coefficient (Wildman–Crippen LogP) is -0.185. The van der Waals surface area contributed by atoms with Crippen molar-refractivity contribution < 1.29 is 10.2 Å². The molecule has 4 N–H and O–H groups in total. The summed E-state index contributed by atoms with van der Waals surface area (Å²) in [6.07, 6.45) is 0.703. The van der Waals surface area contributed by atoms with Gasteiger partial charge in [0.15, 0.2) is 0 Å². The molecule has 0 radical (unpaired) electrons. The normalized spacial score (nSPS) is 17.3. The molecule has 56 valence electrons. The molecule has 0 saturated heterocycles. The molecule has 0 aromatic heterocycles. The van der Waals surface area contributed by atoms with Gasteiger partial charge in [0.05, 0.1) is 6.10 Å². The highest BCUT2D eigenvalue weighted by molar-refractivity contribution is 4.59. The molecular weight excluding hydrogens is 118 g/mol. The van der Waals surface area contributed by atoms with Crippen molar-refractivity contribution in [3.63, 3.8) is 0 Å². The molecule has 0 spiro atoms. The van der Waals surface area contributed by atoms with Crippen LogP contribution in [-0.4, -0.2) is 22.5 Å². The van der Waals surface area contributed by atoms with E-state index in [4.69, 9.17) is 15.9 Å². The van der Waals surface area contributed by atoms with E-state index in [1.807, 2.05) is 6.92 Å². The second kappa shape index (κ2) is 4.73. The van der Waals surface area contributed by atoms with E-state index >= 15 is 0 Å². The number of nitrogens with two attached hydrogens (primary N) is 1. The van der Waals surface area contributed by atoms with Crippen LogP contribution in [0.1, 0.15) is 26.2 Å². The fraction of sp³-hybridized carbons (Fsp3) is 1.00. The van der Waals surface area contributed by atoms with E-state index in [9.17, 15) is 0 Å². The Kier molecular flexibility index (Phi) is 4.67. The molecule has 0 aliphatic carbocycles. The molecule has 0 fully saturated rings. The van der Waals surface area contributed by atoms with Crippen LogP contribution in [0, 0.1) is 0 Å². The number of hydrogen-bond donors (Lipinski definition) is 3. The highest BCUT2D eigenvalue weighted by Crippen LogP contribution is 2.00. The largest absolute Gasteiger partial charge is 0.389 e. The topological polar surface area (TPSA) is 66.5 Å². The molecule has 0 amide bonds. The lowest BCUT2D eigenvalue weighted by Gasteiger charge is -2.11. The minimum absolute atomic E-state index is 0.591. The molecule has 0 saturated carbocycles. The highest BCUT2D eigenvalue weighted by atomic mass is 16.3. The molecule has 2 atom stereocenters. The van der Waals surface area contributed by atoms with Crippen molar-refractivity contribution in [3.8, 4) is 0 Å². The summed E-state index contributed by atoms with van der Waals surface area (Å²) in [7, 11) is 0. The summed E-state index contributed by atoms with van der Waals surface area (Å²) in [5.41, 5.74) is 4.98. The first-order valence-corrected chi connectivity index (χ1v) is 3.30. The lowest BCUT2D eigenvalue weighted by Crippen LogP contribution is -2.33. The first kappa shape index (κ1) is 8.88. The Morgan fingerprint density at radius 1 is 1.44 bits per heavy atom. The molecule has 3 nitrogen and oxygen atoms in total. The van der Waals surface area contributed by atoms with Crippen molar-refractivity contribution in [2.24, 2.45) is 5.73 Å². The van der Waals surface area contributed by atoms with E-state index in [1.165, 1.54) is 0 Å². The SMILES string of the molecule is CCCCC(O)C(N)O. The Hall–Kier alpha value is -0.120. The van der Waals surface area contributed by atoms with Crippen LogP contribution < -0.4 is 5.73 Å². The van der Waals surface area contributed by atoms with Gasteiger partial charge in [-0.3, -0.25) is 0 Å². The monoisotopic (exact) mass is 133 g/mol. The first-order chi connectivity index (χ1) is 4.18. The van der Waals surface area contributed by atoms with Crippen molar-refractivity contribution in [2.75, 3.05) is 0 Å². The Morgan fingerprint density at radius 3 is 2.33 bits per heavy atom. The minimum Gasteiger partial charge on any atom is -0.389 e. The van der Waals surface area contributed by atoms with E-state index in [-0.39, 0.29) is 0 Å². The maximum Gasteiger partial charge on any atom is 0.128 e. The van der Waals surface area contributed by atoms with Crippen molar-refractivity contribution >= 4 is 0 Å². The Bertz CT molecular complexity index is 66.1. The Balaban J connectivity index is 3.16. The maximum atomic E-state index is 8.88. The smallest absolute Gasteiger partial charge is 0.128 e. The van der Waals surface area contributed by atoms with Crippen LogP contribution in [0.2, 0.25) is 0 Å². The van der Waals surface area contributed by atoms with Crippen molar-refractivity contribution in [2.45, 2.75) is 38.5 Å². The first-order valence-electron chi connectivity index (χ1n) is 3.30. The van der Waals surface area contributed by atoms with Crippen LogP contribution >= 0.6 is 0 Å². The molecule has 0 aliphatic heterocycles. The quantitative estimate of drug-likeness (QED) is 0.466. The van der Waals surface area contributed by atoms with E-state index in [1.54, 1.807) is 0 Å². The van der Waals surface area contributed by atoms with Gasteiger partial charge in [-0.25, -0.2) is 0 Å². The van der Waals surface area contributed by atoms with Crippen LogP contribution in [-0.2, 0) is 0 Å². The van der Waals surface area contributed by atoms with Gasteiger partial charge in [-0.15, -0.1) is 0 Å². The number of rotatable bonds is 4. The number of hydrogen-bond acceptors (Lipinski definition) is 3. The molecular formula is C6H15NO2. The molecule has 0 bridgehead atoms. The molecule has 2 unspecified atom stereocenters. The molecule has 0 aliphatic rings. The van der Waals surface area contributed by atoms with Gasteiger partial charge in [0.25, 0.3) is 0 Å². The van der Waals surface area contributed by atoms with Crippen LogP contribution in [0.25, 0.3) is 0 Å². The number of aliphatic hydroxyl groups is 2. The molecule has 0 aromatic rings. The summed E-state index contributed by atoms with van der Waals surface area (Å²) < 4.78 is 0. The average molecular weight is 133 g/mol. The van der Waals surface area contributed by atoms with E-state index < -0.39 is 12.3 Å². The van der Waals surface area contributed by atoms with E-state index in [0.717, 1.165) is 12.8 Å². The molecule has 0 heterocycles. The zero-order chi connectivity index (χ0) is 7.28. The lowest BCUT2D eigenvalue weighted by molar-refractivity contribution is 0.0176. The van der Waals surface area contributed by atoms with Gasteiger partial charge >= 0.3 is 0 Å². The zero-order valence-corrected chi connectivity index (χ0v) is 5.75. The van der Waals surface area contributed by atoms with Gasteiger partial charge in [-0.2, -0.15) is 0 Å². The minimum atomic E-state index is -1.07. The van der Waals surface area contributed by atoms with Gasteiger partial charge in [-0.05, 0) is 6.42 Å². The molecule has 0 rings (SSSR count). The summed E-state index contributed by atoms with van der Waals surface area (Å²) in [4.78, 5) is 0. The summed E-state index contributed by atoms with van der Waals surface area (Å²) in [5, 5.41) is 17.5. The van der Waals surface area contributed by atoms with Gasteiger partial charge in [0.2, 0.25) is 0 Å². The van der Waals surface area contributed by atoms with Crippen molar-refractivity contribution in [1.82, 2.24) is 0 Å². The van der Waals surface area contributed by atoms with Gasteiger partial charge in [0, 0.05) is 0 Å². The third kappa shape index (κ3) is 4.39.